The lowest BCUT2D eigenvalue weighted by molar-refractivity contribution is 0.602. The third kappa shape index (κ3) is 3.06. The Bertz CT molecular complexity index is 439. The molecule has 0 radical (unpaired) electrons. The van der Waals surface area contributed by atoms with Crippen LogP contribution in [0.25, 0.3) is 0 Å². The molecule has 0 spiro atoms. The number of nitrogens with zero attached hydrogens (tertiary/aromatic N) is 1. The summed E-state index contributed by atoms with van der Waals surface area (Å²) >= 11 is 6.71. The lowest BCUT2D eigenvalue weighted by Crippen LogP contribution is -2.17. The molecule has 1 aromatic rings. The minimum Gasteiger partial charge on any atom is -0.259 e. The maximum absolute atomic E-state index is 11.4. The van der Waals surface area contributed by atoms with Crippen LogP contribution in [0.3, 0.4) is 0 Å². The number of aromatic nitrogens is 1. The largest absolute Gasteiger partial charge is 0.259 e. The average Bonchev–Trinajstić information content (AvgIpc) is 2.88. The maximum atomic E-state index is 11.4. The van der Waals surface area contributed by atoms with Crippen LogP contribution in [0.4, 0.5) is 5.13 Å². The van der Waals surface area contributed by atoms with Gasteiger partial charge in [-0.1, -0.05) is 0 Å². The van der Waals surface area contributed by atoms with Crippen LogP contribution in [0, 0.1) is 0 Å². The first kappa shape index (κ1) is 11.2. The van der Waals surface area contributed by atoms with Crippen LogP contribution in [0.5, 0.6) is 0 Å². The molecule has 1 heterocycles. The van der Waals surface area contributed by atoms with Crippen LogP contribution in [-0.4, -0.2) is 25.0 Å². The monoisotopic (exact) mass is 266 g/mol. The number of alkyl halides is 1. The van der Waals surface area contributed by atoms with E-state index in [-0.39, 0.29) is 11.6 Å². The summed E-state index contributed by atoms with van der Waals surface area (Å²) in [6.07, 6.45) is 2.33. The van der Waals surface area contributed by atoms with Crippen LogP contribution in [-0.2, 0) is 10.0 Å². The molecule has 84 valence electrons. The molecule has 1 saturated carbocycles. The highest BCUT2D eigenvalue weighted by atomic mass is 35.5. The third-order valence-electron chi connectivity index (χ3n) is 2.11. The number of hydrogen-bond acceptors (Lipinski definition) is 4. The van der Waals surface area contributed by atoms with Crippen LogP contribution in [0.2, 0.25) is 0 Å². The summed E-state index contributed by atoms with van der Waals surface area (Å²) in [5, 5.41) is 2.36. The normalized spacial score (nSPS) is 16.6. The van der Waals surface area contributed by atoms with Gasteiger partial charge in [-0.25, -0.2) is 13.4 Å². The molecule has 0 bridgehead atoms. The quantitative estimate of drug-likeness (QED) is 0.830. The van der Waals surface area contributed by atoms with Crippen LogP contribution >= 0.6 is 22.9 Å². The Balaban J connectivity index is 2.03. The molecular formula is C8H11ClN2O2S2. The van der Waals surface area contributed by atoms with Gasteiger partial charge in [-0.15, -0.1) is 22.9 Å². The highest BCUT2D eigenvalue weighted by Crippen LogP contribution is 2.40. The number of sulfonamides is 1. The van der Waals surface area contributed by atoms with Gasteiger partial charge < -0.3 is 0 Å². The zero-order chi connectivity index (χ0) is 10.9. The molecule has 1 aliphatic rings. The van der Waals surface area contributed by atoms with Crippen LogP contribution in [0.15, 0.2) is 5.38 Å². The van der Waals surface area contributed by atoms with E-state index in [1.807, 2.05) is 5.38 Å². The molecule has 1 N–H and O–H groups in total. The van der Waals surface area contributed by atoms with E-state index in [1.165, 1.54) is 11.3 Å². The topological polar surface area (TPSA) is 59.1 Å². The Labute approximate surface area is 97.7 Å². The molecule has 2 rings (SSSR count). The van der Waals surface area contributed by atoms with Gasteiger partial charge in [-0.3, -0.25) is 4.72 Å². The van der Waals surface area contributed by atoms with Crippen molar-refractivity contribution in [1.29, 1.82) is 0 Å². The van der Waals surface area contributed by atoms with Crippen LogP contribution < -0.4 is 4.72 Å². The molecule has 0 unspecified atom stereocenters. The fraction of sp³-hybridized carbons (Fsp3) is 0.625. The molecule has 0 amide bonds. The van der Waals surface area contributed by atoms with Crippen molar-refractivity contribution >= 4 is 38.1 Å². The van der Waals surface area contributed by atoms with Gasteiger partial charge in [0.05, 0.1) is 11.4 Å². The lowest BCUT2D eigenvalue weighted by atomic mass is 10.3. The van der Waals surface area contributed by atoms with Crippen molar-refractivity contribution in [2.45, 2.75) is 18.8 Å². The zero-order valence-electron chi connectivity index (χ0n) is 7.94. The smallest absolute Gasteiger partial charge is 0.235 e. The average molecular weight is 267 g/mol. The maximum Gasteiger partial charge on any atom is 0.235 e. The first-order chi connectivity index (χ1) is 7.11. The van der Waals surface area contributed by atoms with E-state index in [0.29, 0.717) is 11.0 Å². The van der Waals surface area contributed by atoms with E-state index >= 15 is 0 Å². The fourth-order valence-electron chi connectivity index (χ4n) is 1.19. The van der Waals surface area contributed by atoms with Crippen molar-refractivity contribution in [2.75, 3.05) is 16.4 Å². The number of rotatable bonds is 5. The van der Waals surface area contributed by atoms with Gasteiger partial charge in [0, 0.05) is 17.2 Å². The molecule has 15 heavy (non-hydrogen) atoms. The van der Waals surface area contributed by atoms with Crippen molar-refractivity contribution in [3.8, 4) is 0 Å². The van der Waals surface area contributed by atoms with Crippen molar-refractivity contribution in [3.05, 3.63) is 11.1 Å². The summed E-state index contributed by atoms with van der Waals surface area (Å²) < 4.78 is 25.1. The van der Waals surface area contributed by atoms with Crippen molar-refractivity contribution < 1.29 is 8.42 Å². The SMILES string of the molecule is O=S(=O)(CCCl)Nc1nc(C2CC2)cs1. The summed E-state index contributed by atoms with van der Waals surface area (Å²) in [6.45, 7) is 0. The standard InChI is InChI=1S/C8H11ClN2O2S2/c9-3-4-15(12,13)11-8-10-7(5-14-8)6-1-2-6/h5-6H,1-4H2,(H,10,11). The molecule has 1 fully saturated rings. The number of thiazole rings is 1. The summed E-state index contributed by atoms with van der Waals surface area (Å²) in [6, 6.07) is 0. The van der Waals surface area contributed by atoms with Gasteiger partial charge in [0.2, 0.25) is 10.0 Å². The Hall–Kier alpha value is -0.330. The minimum absolute atomic E-state index is 0.0765. The molecule has 0 atom stereocenters. The Morgan fingerprint density at radius 2 is 2.33 bits per heavy atom. The number of nitrogens with one attached hydrogen (secondary N) is 1. The predicted molar refractivity (Wildman–Crippen MR) is 62.2 cm³/mol. The number of hydrogen-bond donors (Lipinski definition) is 1. The Morgan fingerprint density at radius 1 is 1.60 bits per heavy atom. The molecule has 1 aliphatic carbocycles. The van der Waals surface area contributed by atoms with E-state index in [4.69, 9.17) is 11.6 Å². The second kappa shape index (κ2) is 4.27. The van der Waals surface area contributed by atoms with E-state index in [0.717, 1.165) is 18.5 Å². The molecule has 0 aromatic carbocycles. The molecule has 7 heteroatoms. The highest BCUT2D eigenvalue weighted by molar-refractivity contribution is 7.92. The number of halogens is 1. The van der Waals surface area contributed by atoms with Crippen molar-refractivity contribution in [1.82, 2.24) is 4.98 Å². The van der Waals surface area contributed by atoms with E-state index in [9.17, 15) is 8.42 Å². The zero-order valence-corrected chi connectivity index (χ0v) is 10.3. The molecule has 1 aromatic heterocycles. The Morgan fingerprint density at radius 3 is 2.93 bits per heavy atom. The van der Waals surface area contributed by atoms with Crippen molar-refractivity contribution in [2.24, 2.45) is 0 Å². The summed E-state index contributed by atoms with van der Waals surface area (Å²) in [7, 11) is -3.31. The number of anilines is 1. The van der Waals surface area contributed by atoms with Crippen LogP contribution in [0.1, 0.15) is 24.5 Å². The minimum atomic E-state index is -3.31. The van der Waals surface area contributed by atoms with Gasteiger partial charge in [-0.2, -0.15) is 0 Å². The second-order valence-corrected chi connectivity index (χ2v) is 6.54. The molecule has 0 aliphatic heterocycles. The van der Waals surface area contributed by atoms with E-state index < -0.39 is 10.0 Å². The summed E-state index contributed by atoms with van der Waals surface area (Å²) in [4.78, 5) is 4.22. The van der Waals surface area contributed by atoms with Gasteiger partial charge in [0.15, 0.2) is 5.13 Å². The summed E-state index contributed by atoms with van der Waals surface area (Å²) in [5.74, 6) is 0.566. The first-order valence-electron chi connectivity index (χ1n) is 4.62. The van der Waals surface area contributed by atoms with Gasteiger partial charge in [-0.05, 0) is 12.8 Å². The summed E-state index contributed by atoms with van der Waals surface area (Å²) in [5.41, 5.74) is 1.00. The van der Waals surface area contributed by atoms with Gasteiger partial charge in [0.1, 0.15) is 0 Å². The second-order valence-electron chi connectivity index (χ2n) is 3.46. The molecular weight excluding hydrogens is 256 g/mol. The van der Waals surface area contributed by atoms with Gasteiger partial charge in [0.25, 0.3) is 0 Å². The third-order valence-corrected chi connectivity index (χ3v) is 4.67. The molecule has 4 nitrogen and oxygen atoms in total. The van der Waals surface area contributed by atoms with Gasteiger partial charge >= 0.3 is 0 Å². The Kier molecular flexibility index (Phi) is 3.18. The predicted octanol–water partition coefficient (Wildman–Crippen LogP) is 2.00. The molecule has 0 saturated heterocycles. The fourth-order valence-corrected chi connectivity index (χ4v) is 3.62. The van der Waals surface area contributed by atoms with E-state index in [2.05, 4.69) is 9.71 Å². The highest BCUT2D eigenvalue weighted by Gasteiger charge is 2.26. The lowest BCUT2D eigenvalue weighted by Gasteiger charge is -2.01. The van der Waals surface area contributed by atoms with E-state index in [1.54, 1.807) is 0 Å². The first-order valence-corrected chi connectivity index (χ1v) is 7.69. The van der Waals surface area contributed by atoms with Crippen molar-refractivity contribution in [3.63, 3.8) is 0 Å².